The smallest absolute Gasteiger partial charge is 0.161 e. The van der Waals surface area contributed by atoms with Gasteiger partial charge in [-0.2, -0.15) is 5.26 Å². The Kier molecular flexibility index (Phi) is 2.69. The average Bonchev–Trinajstić information content (AvgIpc) is 2.08. The number of ketones is 1. The fourth-order valence-electron chi connectivity index (χ4n) is 1.11. The molecule has 0 aliphatic heterocycles. The van der Waals surface area contributed by atoms with Crippen LogP contribution < -0.4 is 0 Å². The van der Waals surface area contributed by atoms with Crippen molar-refractivity contribution in [3.63, 3.8) is 0 Å². The maximum Gasteiger partial charge on any atom is 0.161 e. The van der Waals surface area contributed by atoms with Crippen molar-refractivity contribution in [2.45, 2.75) is 13.8 Å². The number of halogens is 1. The van der Waals surface area contributed by atoms with Crippen molar-refractivity contribution in [2.75, 3.05) is 0 Å². The van der Waals surface area contributed by atoms with E-state index in [1.165, 1.54) is 6.92 Å². The van der Waals surface area contributed by atoms with Crippen LogP contribution in [-0.4, -0.2) is 5.78 Å². The molecule has 1 aromatic carbocycles. The Balaban J connectivity index is 3.47. The summed E-state index contributed by atoms with van der Waals surface area (Å²) in [5, 5.41) is 8.95. The van der Waals surface area contributed by atoms with E-state index in [0.29, 0.717) is 11.1 Å². The molecule has 0 N–H and O–H groups in total. The Morgan fingerprint density at radius 2 is 2.15 bits per heavy atom. The minimum atomic E-state index is -0.120. The molecule has 0 saturated carbocycles. The first-order chi connectivity index (χ1) is 6.06. The summed E-state index contributed by atoms with van der Waals surface area (Å²) >= 11 is 5.83. The summed E-state index contributed by atoms with van der Waals surface area (Å²) in [6.45, 7) is 3.26. The van der Waals surface area contributed by atoms with Gasteiger partial charge in [-0.25, -0.2) is 0 Å². The minimum absolute atomic E-state index is 0.120. The summed E-state index contributed by atoms with van der Waals surface area (Å²) in [6, 6.07) is 5.29. The third-order valence-electron chi connectivity index (χ3n) is 1.72. The molecule has 0 radical (unpaired) electrons. The van der Waals surface area contributed by atoms with Crippen LogP contribution in [0, 0.1) is 18.3 Å². The lowest BCUT2D eigenvalue weighted by atomic mass is 10.0. The van der Waals surface area contributed by atoms with Crippen molar-refractivity contribution in [3.8, 4) is 6.07 Å². The van der Waals surface area contributed by atoms with E-state index in [9.17, 15) is 4.79 Å². The number of nitrogens with zero attached hydrogens (tertiary/aromatic N) is 1. The highest BCUT2D eigenvalue weighted by Crippen LogP contribution is 2.22. The maximum atomic E-state index is 11.1. The number of nitriles is 1. The minimum Gasteiger partial charge on any atom is -0.294 e. The zero-order valence-corrected chi connectivity index (χ0v) is 8.14. The highest BCUT2D eigenvalue weighted by molar-refractivity contribution is 6.35. The standard InChI is InChI=1S/C10H8ClNO/c1-6-3-8(5-12)10(11)9(4-6)7(2)13/h3-4H,1-2H3. The largest absolute Gasteiger partial charge is 0.294 e. The van der Waals surface area contributed by atoms with Crippen LogP contribution in [0.1, 0.15) is 28.4 Å². The van der Waals surface area contributed by atoms with Crippen LogP contribution >= 0.6 is 11.6 Å². The molecule has 0 saturated heterocycles. The van der Waals surface area contributed by atoms with Gasteiger partial charge in [-0.1, -0.05) is 11.6 Å². The number of hydrogen-bond acceptors (Lipinski definition) is 2. The molecular formula is C10H8ClNO. The Labute approximate surface area is 81.7 Å². The maximum absolute atomic E-state index is 11.1. The Morgan fingerprint density at radius 1 is 1.54 bits per heavy atom. The molecule has 0 unspecified atom stereocenters. The summed E-state index contributed by atoms with van der Waals surface area (Å²) in [5.74, 6) is -0.120. The van der Waals surface area contributed by atoms with Gasteiger partial charge in [-0.15, -0.1) is 0 Å². The molecule has 13 heavy (non-hydrogen) atoms. The molecule has 2 nitrogen and oxygen atoms in total. The zero-order valence-electron chi connectivity index (χ0n) is 7.39. The molecule has 0 fully saturated rings. The number of carbonyl (C=O) groups excluding carboxylic acids is 1. The van der Waals surface area contributed by atoms with E-state index in [4.69, 9.17) is 16.9 Å². The van der Waals surface area contributed by atoms with Gasteiger partial charge in [-0.3, -0.25) is 4.79 Å². The second-order valence-corrected chi connectivity index (χ2v) is 3.22. The van der Waals surface area contributed by atoms with Crippen molar-refractivity contribution in [3.05, 3.63) is 33.8 Å². The summed E-state index contributed by atoms with van der Waals surface area (Å²) in [4.78, 5) is 11.1. The first kappa shape index (κ1) is 9.76. The molecule has 3 heteroatoms. The lowest BCUT2D eigenvalue weighted by Crippen LogP contribution is -1.96. The van der Waals surface area contributed by atoms with E-state index in [1.807, 2.05) is 13.0 Å². The molecule has 1 rings (SSSR count). The van der Waals surface area contributed by atoms with Crippen molar-refractivity contribution in [2.24, 2.45) is 0 Å². The predicted molar refractivity (Wildman–Crippen MR) is 50.9 cm³/mol. The van der Waals surface area contributed by atoms with E-state index in [0.717, 1.165) is 5.56 Å². The quantitative estimate of drug-likeness (QED) is 0.644. The molecule has 0 aliphatic rings. The van der Waals surface area contributed by atoms with E-state index < -0.39 is 0 Å². The number of hydrogen-bond donors (Lipinski definition) is 0. The Hall–Kier alpha value is -1.33. The normalized spacial score (nSPS) is 9.38. The SMILES string of the molecule is CC(=O)c1cc(C)cc(C#N)c1Cl. The van der Waals surface area contributed by atoms with Crippen LogP contribution in [0.5, 0.6) is 0 Å². The van der Waals surface area contributed by atoms with Crippen molar-refractivity contribution < 1.29 is 4.79 Å². The van der Waals surface area contributed by atoms with Crippen LogP contribution in [0.15, 0.2) is 12.1 Å². The lowest BCUT2D eigenvalue weighted by Gasteiger charge is -2.03. The van der Waals surface area contributed by atoms with Crippen LogP contribution in [0.2, 0.25) is 5.02 Å². The number of aryl methyl sites for hydroxylation is 1. The molecule has 0 amide bonds. The molecular weight excluding hydrogens is 186 g/mol. The number of benzene rings is 1. The fourth-order valence-corrected chi connectivity index (χ4v) is 1.39. The number of rotatable bonds is 1. The molecule has 0 aromatic heterocycles. The number of Topliss-reactive ketones (excluding diaryl/α,β-unsaturated/α-hetero) is 1. The number of carbonyl (C=O) groups is 1. The van der Waals surface area contributed by atoms with Crippen LogP contribution in [-0.2, 0) is 0 Å². The third-order valence-corrected chi connectivity index (χ3v) is 2.12. The summed E-state index contributed by atoms with van der Waals surface area (Å²) in [6.07, 6.45) is 0. The van der Waals surface area contributed by atoms with Gasteiger partial charge >= 0.3 is 0 Å². The highest BCUT2D eigenvalue weighted by atomic mass is 35.5. The molecule has 0 spiro atoms. The van der Waals surface area contributed by atoms with Crippen LogP contribution in [0.3, 0.4) is 0 Å². The molecule has 1 aromatic rings. The highest BCUT2D eigenvalue weighted by Gasteiger charge is 2.10. The van der Waals surface area contributed by atoms with Gasteiger partial charge in [0.15, 0.2) is 5.78 Å². The topological polar surface area (TPSA) is 40.9 Å². The van der Waals surface area contributed by atoms with E-state index >= 15 is 0 Å². The Morgan fingerprint density at radius 3 is 2.62 bits per heavy atom. The van der Waals surface area contributed by atoms with E-state index in [1.54, 1.807) is 12.1 Å². The van der Waals surface area contributed by atoms with Gasteiger partial charge in [-0.05, 0) is 31.5 Å². The lowest BCUT2D eigenvalue weighted by molar-refractivity contribution is 0.101. The van der Waals surface area contributed by atoms with Crippen molar-refractivity contribution in [1.29, 1.82) is 5.26 Å². The second kappa shape index (κ2) is 3.59. The molecule has 0 aliphatic carbocycles. The first-order valence-corrected chi connectivity index (χ1v) is 4.15. The van der Waals surface area contributed by atoms with Crippen molar-refractivity contribution >= 4 is 17.4 Å². The third kappa shape index (κ3) is 1.88. The fraction of sp³-hybridized carbons (Fsp3) is 0.200. The van der Waals surface area contributed by atoms with Gasteiger partial charge in [0.05, 0.1) is 10.6 Å². The van der Waals surface area contributed by atoms with Gasteiger partial charge in [0, 0.05) is 5.56 Å². The Bertz CT molecular complexity index is 404. The zero-order chi connectivity index (χ0) is 10.0. The molecule has 0 heterocycles. The van der Waals surface area contributed by atoms with E-state index in [2.05, 4.69) is 0 Å². The van der Waals surface area contributed by atoms with Gasteiger partial charge in [0.1, 0.15) is 6.07 Å². The summed E-state index contributed by atoms with van der Waals surface area (Å²) in [7, 11) is 0. The first-order valence-electron chi connectivity index (χ1n) is 3.77. The molecule has 0 atom stereocenters. The monoisotopic (exact) mass is 193 g/mol. The second-order valence-electron chi connectivity index (χ2n) is 2.84. The van der Waals surface area contributed by atoms with Crippen molar-refractivity contribution in [1.82, 2.24) is 0 Å². The molecule has 0 bridgehead atoms. The predicted octanol–water partition coefficient (Wildman–Crippen LogP) is 2.72. The van der Waals surface area contributed by atoms with Crippen LogP contribution in [0.25, 0.3) is 0 Å². The average molecular weight is 194 g/mol. The van der Waals surface area contributed by atoms with Crippen LogP contribution in [0.4, 0.5) is 0 Å². The molecule has 66 valence electrons. The van der Waals surface area contributed by atoms with Gasteiger partial charge < -0.3 is 0 Å². The van der Waals surface area contributed by atoms with Gasteiger partial charge in [0.25, 0.3) is 0 Å². The summed E-state index contributed by atoms with van der Waals surface area (Å²) in [5.41, 5.74) is 1.64. The van der Waals surface area contributed by atoms with E-state index in [-0.39, 0.29) is 10.8 Å². The van der Waals surface area contributed by atoms with Gasteiger partial charge in [0.2, 0.25) is 0 Å². The summed E-state index contributed by atoms with van der Waals surface area (Å²) < 4.78 is 0.